The third kappa shape index (κ3) is 7.05. The molecule has 5 nitrogen and oxygen atoms in total. The normalized spacial score (nSPS) is 13.1. The molecule has 9 heteroatoms. The number of alkyl halides is 3. The molecule has 2 unspecified atom stereocenters. The molecule has 3 aromatic rings. The summed E-state index contributed by atoms with van der Waals surface area (Å²) in [6, 6.07) is 16.9. The smallest absolute Gasteiger partial charge is 0.416 e. The third-order valence-electron chi connectivity index (χ3n) is 4.48. The molecule has 2 atom stereocenters. The number of carbonyl (C=O) groups is 1. The fraction of sp³-hybridized carbons (Fsp3) is 0.208. The molecule has 1 N–H and O–H groups in total. The maximum absolute atomic E-state index is 12.7. The molecule has 0 bridgehead atoms. The van der Waals surface area contributed by atoms with Crippen molar-refractivity contribution < 1.29 is 37.3 Å². The summed E-state index contributed by atoms with van der Waals surface area (Å²) in [5.41, 5.74) is -0.544. The van der Waals surface area contributed by atoms with E-state index in [-0.39, 0.29) is 18.5 Å². The SMILES string of the molecule is CC(COc1ccc(C(Oc2ccc(C(F)(F)F)cc2)C(=O)O)cc1)Oc1ccc(Cl)cc1. The molecule has 0 heterocycles. The van der Waals surface area contributed by atoms with E-state index < -0.39 is 23.8 Å². The summed E-state index contributed by atoms with van der Waals surface area (Å²) >= 11 is 5.84. The molecule has 33 heavy (non-hydrogen) atoms. The fourth-order valence-corrected chi connectivity index (χ4v) is 2.98. The predicted molar refractivity (Wildman–Crippen MR) is 116 cm³/mol. The van der Waals surface area contributed by atoms with Gasteiger partial charge < -0.3 is 19.3 Å². The van der Waals surface area contributed by atoms with Gasteiger partial charge in [-0.2, -0.15) is 13.2 Å². The van der Waals surface area contributed by atoms with Gasteiger partial charge in [-0.1, -0.05) is 23.7 Å². The zero-order chi connectivity index (χ0) is 24.0. The number of carboxylic acids is 1. The van der Waals surface area contributed by atoms with Crippen LogP contribution in [-0.2, 0) is 11.0 Å². The van der Waals surface area contributed by atoms with Crippen molar-refractivity contribution in [3.63, 3.8) is 0 Å². The van der Waals surface area contributed by atoms with Gasteiger partial charge in [0.05, 0.1) is 5.56 Å². The van der Waals surface area contributed by atoms with E-state index in [9.17, 15) is 23.1 Å². The Hall–Kier alpha value is -3.39. The maximum atomic E-state index is 12.7. The van der Waals surface area contributed by atoms with Gasteiger partial charge in [-0.05, 0) is 67.6 Å². The van der Waals surface area contributed by atoms with E-state index in [4.69, 9.17) is 25.8 Å². The number of aliphatic carboxylic acids is 1. The second-order valence-electron chi connectivity index (χ2n) is 7.12. The van der Waals surface area contributed by atoms with Crippen molar-refractivity contribution in [2.24, 2.45) is 0 Å². The lowest BCUT2D eigenvalue weighted by Gasteiger charge is -2.18. The number of hydrogen-bond acceptors (Lipinski definition) is 4. The summed E-state index contributed by atoms with van der Waals surface area (Å²) in [6.45, 7) is 2.08. The monoisotopic (exact) mass is 480 g/mol. The van der Waals surface area contributed by atoms with Crippen molar-refractivity contribution in [2.45, 2.75) is 25.3 Å². The van der Waals surface area contributed by atoms with E-state index in [1.807, 2.05) is 6.92 Å². The summed E-state index contributed by atoms with van der Waals surface area (Å²) in [7, 11) is 0. The Morgan fingerprint density at radius 1 is 0.879 bits per heavy atom. The molecule has 0 aromatic heterocycles. The minimum atomic E-state index is -4.49. The number of ether oxygens (including phenoxy) is 3. The van der Waals surface area contributed by atoms with Crippen LogP contribution in [0.2, 0.25) is 5.02 Å². The first-order chi connectivity index (χ1) is 15.6. The van der Waals surface area contributed by atoms with Crippen LogP contribution in [0, 0.1) is 0 Å². The van der Waals surface area contributed by atoms with Crippen LogP contribution in [0.4, 0.5) is 13.2 Å². The van der Waals surface area contributed by atoms with Gasteiger partial charge in [0.25, 0.3) is 0 Å². The molecular weight excluding hydrogens is 461 g/mol. The molecule has 0 aliphatic heterocycles. The number of benzene rings is 3. The number of halogens is 4. The van der Waals surface area contributed by atoms with Gasteiger partial charge in [-0.15, -0.1) is 0 Å². The van der Waals surface area contributed by atoms with Crippen molar-refractivity contribution in [3.8, 4) is 17.2 Å². The number of rotatable bonds is 9. The van der Waals surface area contributed by atoms with Crippen molar-refractivity contribution in [1.82, 2.24) is 0 Å². The van der Waals surface area contributed by atoms with Gasteiger partial charge in [0, 0.05) is 10.6 Å². The first kappa shape index (κ1) is 24.3. The van der Waals surface area contributed by atoms with Crippen molar-refractivity contribution >= 4 is 17.6 Å². The Bertz CT molecular complexity index is 1050. The highest BCUT2D eigenvalue weighted by atomic mass is 35.5. The molecule has 174 valence electrons. The molecule has 0 saturated heterocycles. The van der Waals surface area contributed by atoms with Gasteiger partial charge in [0.2, 0.25) is 6.10 Å². The number of carboxylic acid groups (broad SMARTS) is 1. The summed E-state index contributed by atoms with van der Waals surface area (Å²) in [5, 5.41) is 10.1. The Kier molecular flexibility index (Phi) is 7.71. The Morgan fingerprint density at radius 2 is 1.39 bits per heavy atom. The van der Waals surface area contributed by atoms with Gasteiger partial charge in [0.15, 0.2) is 0 Å². The minimum absolute atomic E-state index is 0.00361. The van der Waals surface area contributed by atoms with Crippen LogP contribution in [0.5, 0.6) is 17.2 Å². The molecule has 0 aliphatic carbocycles. The summed E-state index contributed by atoms with van der Waals surface area (Å²) in [4.78, 5) is 11.7. The van der Waals surface area contributed by atoms with Crippen molar-refractivity contribution in [3.05, 3.63) is 88.9 Å². The molecule has 0 saturated carbocycles. The Balaban J connectivity index is 1.59. The van der Waals surface area contributed by atoms with Gasteiger partial charge in [-0.3, -0.25) is 0 Å². The number of hydrogen-bond donors (Lipinski definition) is 1. The highest BCUT2D eigenvalue weighted by Crippen LogP contribution is 2.31. The standard InChI is InChI=1S/C24H20ClF3O5/c1-15(32-20-12-6-18(25)7-13-20)14-31-19-8-2-16(3-9-19)22(23(29)30)33-21-10-4-17(5-11-21)24(26,27)28/h2-13,15,22H,14H2,1H3,(H,29,30). The molecule has 3 rings (SSSR count). The summed E-state index contributed by atoms with van der Waals surface area (Å²) in [5.74, 6) is -0.142. The first-order valence-electron chi connectivity index (χ1n) is 9.83. The topological polar surface area (TPSA) is 65.0 Å². The van der Waals surface area contributed by atoms with Crippen molar-refractivity contribution in [2.75, 3.05) is 6.61 Å². The first-order valence-corrected chi connectivity index (χ1v) is 10.2. The third-order valence-corrected chi connectivity index (χ3v) is 4.73. The van der Waals surface area contributed by atoms with E-state index in [1.54, 1.807) is 36.4 Å². The quantitative estimate of drug-likeness (QED) is 0.383. The van der Waals surface area contributed by atoms with E-state index in [2.05, 4.69) is 0 Å². The van der Waals surface area contributed by atoms with Crippen LogP contribution in [0.3, 0.4) is 0 Å². The van der Waals surface area contributed by atoms with Gasteiger partial charge >= 0.3 is 12.1 Å². The second-order valence-corrected chi connectivity index (χ2v) is 7.56. The van der Waals surface area contributed by atoms with E-state index in [0.29, 0.717) is 22.1 Å². The van der Waals surface area contributed by atoms with Crippen LogP contribution in [-0.4, -0.2) is 23.8 Å². The predicted octanol–water partition coefficient (Wildman–Crippen LogP) is 6.41. The van der Waals surface area contributed by atoms with Gasteiger partial charge in [-0.25, -0.2) is 4.79 Å². The zero-order valence-corrected chi connectivity index (χ0v) is 18.1. The molecule has 0 amide bonds. The lowest BCUT2D eigenvalue weighted by Crippen LogP contribution is -2.21. The molecule has 0 aliphatic rings. The minimum Gasteiger partial charge on any atom is -0.490 e. The lowest BCUT2D eigenvalue weighted by molar-refractivity contribution is -0.145. The molecule has 0 radical (unpaired) electrons. The van der Waals surface area contributed by atoms with Crippen LogP contribution >= 0.6 is 11.6 Å². The molecule has 0 fully saturated rings. The van der Waals surface area contributed by atoms with Crippen LogP contribution in [0.1, 0.15) is 24.2 Å². The van der Waals surface area contributed by atoms with Crippen LogP contribution in [0.25, 0.3) is 0 Å². The van der Waals surface area contributed by atoms with E-state index in [0.717, 1.165) is 24.3 Å². The van der Waals surface area contributed by atoms with Crippen LogP contribution in [0.15, 0.2) is 72.8 Å². The average molecular weight is 481 g/mol. The van der Waals surface area contributed by atoms with E-state index >= 15 is 0 Å². The molecule has 3 aromatic carbocycles. The average Bonchev–Trinajstić information content (AvgIpc) is 2.77. The largest absolute Gasteiger partial charge is 0.490 e. The Morgan fingerprint density at radius 3 is 1.94 bits per heavy atom. The second kappa shape index (κ2) is 10.5. The fourth-order valence-electron chi connectivity index (χ4n) is 2.85. The summed E-state index contributed by atoms with van der Waals surface area (Å²) < 4.78 is 54.9. The summed E-state index contributed by atoms with van der Waals surface area (Å²) in [6.07, 6.45) is -6.15. The van der Waals surface area contributed by atoms with E-state index in [1.165, 1.54) is 12.1 Å². The van der Waals surface area contributed by atoms with Crippen LogP contribution < -0.4 is 14.2 Å². The molecular formula is C24H20ClF3O5. The Labute approximate surface area is 193 Å². The zero-order valence-electron chi connectivity index (χ0n) is 17.4. The highest BCUT2D eigenvalue weighted by Gasteiger charge is 2.30. The van der Waals surface area contributed by atoms with Crippen molar-refractivity contribution in [1.29, 1.82) is 0 Å². The van der Waals surface area contributed by atoms with Gasteiger partial charge in [0.1, 0.15) is 30.0 Å². The highest BCUT2D eigenvalue weighted by molar-refractivity contribution is 6.30. The lowest BCUT2D eigenvalue weighted by atomic mass is 10.1. The molecule has 0 spiro atoms. The maximum Gasteiger partial charge on any atom is 0.416 e.